The third-order valence-electron chi connectivity index (χ3n) is 1.90. The molecule has 7 heteroatoms. The second kappa shape index (κ2) is 4.90. The Morgan fingerprint density at radius 2 is 2.19 bits per heavy atom. The Kier molecular flexibility index (Phi) is 4.01. The molecule has 1 aromatic rings. The van der Waals surface area contributed by atoms with Crippen LogP contribution in [0.1, 0.15) is 26.0 Å². The maximum absolute atomic E-state index is 12.3. The second-order valence-corrected chi connectivity index (χ2v) is 4.70. The van der Waals surface area contributed by atoms with Gasteiger partial charge in [0.1, 0.15) is 0 Å². The first-order valence-electron chi connectivity index (χ1n) is 4.68. The van der Waals surface area contributed by atoms with Gasteiger partial charge in [0.2, 0.25) is 0 Å². The zero-order valence-corrected chi connectivity index (χ0v) is 9.58. The zero-order chi connectivity index (χ0) is 12.3. The Labute approximate surface area is 94.5 Å². The average molecular weight is 252 g/mol. The van der Waals surface area contributed by atoms with Crippen LogP contribution >= 0.6 is 11.8 Å². The minimum absolute atomic E-state index is 0.00850. The number of aromatic amines is 1. The summed E-state index contributed by atoms with van der Waals surface area (Å²) in [6.45, 7) is 3.76. The third kappa shape index (κ3) is 3.55. The molecular formula is C9H11F3N2OS. The van der Waals surface area contributed by atoms with E-state index in [0.29, 0.717) is 6.07 Å². The van der Waals surface area contributed by atoms with Gasteiger partial charge in [0.15, 0.2) is 10.9 Å². The second-order valence-electron chi connectivity index (χ2n) is 3.27. The van der Waals surface area contributed by atoms with Gasteiger partial charge >= 0.3 is 6.18 Å². The lowest BCUT2D eigenvalue weighted by molar-refractivity contribution is -0.141. The van der Waals surface area contributed by atoms with E-state index in [0.717, 1.165) is 18.2 Å². The summed E-state index contributed by atoms with van der Waals surface area (Å²) in [5.74, 6) is 0. The van der Waals surface area contributed by atoms with E-state index in [4.69, 9.17) is 0 Å². The first-order valence-corrected chi connectivity index (χ1v) is 5.56. The van der Waals surface area contributed by atoms with Gasteiger partial charge in [0, 0.05) is 11.3 Å². The number of rotatable bonds is 3. The lowest BCUT2D eigenvalue weighted by Crippen LogP contribution is -2.17. The molecule has 0 spiro atoms. The molecule has 90 valence electrons. The van der Waals surface area contributed by atoms with Gasteiger partial charge in [-0.05, 0) is 6.42 Å². The van der Waals surface area contributed by atoms with Crippen LogP contribution in [0.25, 0.3) is 0 Å². The molecule has 1 atom stereocenters. The fourth-order valence-electron chi connectivity index (χ4n) is 0.910. The molecule has 0 amide bonds. The highest BCUT2D eigenvalue weighted by Gasteiger charge is 2.33. The van der Waals surface area contributed by atoms with Crippen molar-refractivity contribution in [3.8, 4) is 0 Å². The number of alkyl halides is 3. The van der Waals surface area contributed by atoms with E-state index in [1.54, 1.807) is 0 Å². The number of H-pyrrole nitrogens is 1. The molecule has 1 heterocycles. The summed E-state index contributed by atoms with van der Waals surface area (Å²) in [5, 5.41) is 0.112. The minimum Gasteiger partial charge on any atom is -0.301 e. The van der Waals surface area contributed by atoms with Crippen molar-refractivity contribution in [2.24, 2.45) is 0 Å². The predicted molar refractivity (Wildman–Crippen MR) is 55.5 cm³/mol. The molecule has 0 aliphatic heterocycles. The molecule has 0 aliphatic rings. The molecule has 0 saturated carbocycles. The van der Waals surface area contributed by atoms with E-state index in [9.17, 15) is 18.0 Å². The Morgan fingerprint density at radius 3 is 2.69 bits per heavy atom. The van der Waals surface area contributed by atoms with Gasteiger partial charge in [-0.15, -0.1) is 0 Å². The van der Waals surface area contributed by atoms with Gasteiger partial charge in [-0.2, -0.15) is 13.2 Å². The van der Waals surface area contributed by atoms with Gasteiger partial charge in [-0.1, -0.05) is 25.6 Å². The van der Waals surface area contributed by atoms with Crippen molar-refractivity contribution in [2.75, 3.05) is 0 Å². The molecule has 0 radical (unpaired) electrons. The van der Waals surface area contributed by atoms with E-state index in [1.165, 1.54) is 0 Å². The summed E-state index contributed by atoms with van der Waals surface area (Å²) < 4.78 is 37.0. The maximum Gasteiger partial charge on any atom is 0.433 e. The van der Waals surface area contributed by atoms with E-state index >= 15 is 0 Å². The molecular weight excluding hydrogens is 241 g/mol. The first kappa shape index (κ1) is 13.1. The largest absolute Gasteiger partial charge is 0.433 e. The lowest BCUT2D eigenvalue weighted by Gasteiger charge is -2.09. The Morgan fingerprint density at radius 1 is 1.56 bits per heavy atom. The number of halogens is 3. The SMILES string of the molecule is CC[C@H](C)Sc1nc(C(F)(F)F)cc(=O)[nH]1. The van der Waals surface area contributed by atoms with Crippen LogP contribution in [0.5, 0.6) is 0 Å². The number of hydrogen-bond donors (Lipinski definition) is 1. The number of thioether (sulfide) groups is 1. The van der Waals surface area contributed by atoms with Crippen LogP contribution in [0.2, 0.25) is 0 Å². The van der Waals surface area contributed by atoms with Crippen LogP contribution in [0.15, 0.2) is 16.0 Å². The molecule has 0 aromatic carbocycles. The van der Waals surface area contributed by atoms with Crippen molar-refractivity contribution in [3.05, 3.63) is 22.1 Å². The van der Waals surface area contributed by atoms with E-state index in [-0.39, 0.29) is 10.4 Å². The van der Waals surface area contributed by atoms with Crippen LogP contribution in [-0.4, -0.2) is 15.2 Å². The summed E-state index contributed by atoms with van der Waals surface area (Å²) in [4.78, 5) is 16.7. The Balaban J connectivity index is 3.04. The number of aromatic nitrogens is 2. The average Bonchev–Trinajstić information content (AvgIpc) is 2.15. The molecule has 1 aromatic heterocycles. The van der Waals surface area contributed by atoms with Gasteiger partial charge in [-0.3, -0.25) is 4.79 Å². The molecule has 1 rings (SSSR count). The zero-order valence-electron chi connectivity index (χ0n) is 8.76. The lowest BCUT2D eigenvalue weighted by atomic mass is 10.4. The van der Waals surface area contributed by atoms with Crippen molar-refractivity contribution in [2.45, 2.75) is 36.9 Å². The number of nitrogens with one attached hydrogen (secondary N) is 1. The standard InChI is InChI=1S/C9H11F3N2OS/c1-3-5(2)16-8-13-6(9(10,11)12)4-7(15)14-8/h4-5H,3H2,1-2H3,(H,13,14,15)/t5-/m0/s1. The normalized spacial score (nSPS) is 13.8. The van der Waals surface area contributed by atoms with Crippen LogP contribution < -0.4 is 5.56 Å². The van der Waals surface area contributed by atoms with E-state index in [2.05, 4.69) is 9.97 Å². The summed E-state index contributed by atoms with van der Waals surface area (Å²) in [6, 6.07) is 0.459. The summed E-state index contributed by atoms with van der Waals surface area (Å²) in [7, 11) is 0. The highest BCUT2D eigenvalue weighted by Crippen LogP contribution is 2.28. The van der Waals surface area contributed by atoms with Crippen molar-refractivity contribution in [1.29, 1.82) is 0 Å². The molecule has 0 bridgehead atoms. The topological polar surface area (TPSA) is 45.8 Å². The van der Waals surface area contributed by atoms with Crippen LogP contribution in [0.4, 0.5) is 13.2 Å². The van der Waals surface area contributed by atoms with E-state index < -0.39 is 17.4 Å². The third-order valence-corrected chi connectivity index (χ3v) is 3.05. The van der Waals surface area contributed by atoms with Crippen molar-refractivity contribution in [3.63, 3.8) is 0 Å². The first-order chi connectivity index (χ1) is 7.32. The molecule has 0 fully saturated rings. The summed E-state index contributed by atoms with van der Waals surface area (Å²) in [6.07, 6.45) is -3.80. The highest BCUT2D eigenvalue weighted by molar-refractivity contribution is 7.99. The number of nitrogens with zero attached hydrogens (tertiary/aromatic N) is 1. The Bertz CT molecular complexity index is 416. The molecule has 16 heavy (non-hydrogen) atoms. The predicted octanol–water partition coefficient (Wildman–Crippen LogP) is 2.68. The van der Waals surface area contributed by atoms with Crippen molar-refractivity contribution in [1.82, 2.24) is 9.97 Å². The van der Waals surface area contributed by atoms with E-state index in [1.807, 2.05) is 13.8 Å². The van der Waals surface area contributed by atoms with Gasteiger partial charge in [0.05, 0.1) is 0 Å². The molecule has 3 nitrogen and oxygen atoms in total. The number of hydrogen-bond acceptors (Lipinski definition) is 3. The van der Waals surface area contributed by atoms with Crippen LogP contribution in [0.3, 0.4) is 0 Å². The fraction of sp³-hybridized carbons (Fsp3) is 0.556. The fourth-order valence-corrected chi connectivity index (χ4v) is 1.77. The van der Waals surface area contributed by atoms with Gasteiger partial charge < -0.3 is 4.98 Å². The van der Waals surface area contributed by atoms with Crippen LogP contribution in [0, 0.1) is 0 Å². The molecule has 0 unspecified atom stereocenters. The van der Waals surface area contributed by atoms with Crippen molar-refractivity contribution < 1.29 is 13.2 Å². The molecule has 1 N–H and O–H groups in total. The highest BCUT2D eigenvalue weighted by atomic mass is 32.2. The van der Waals surface area contributed by atoms with Crippen LogP contribution in [-0.2, 0) is 6.18 Å². The molecule has 0 aliphatic carbocycles. The quantitative estimate of drug-likeness (QED) is 0.664. The smallest absolute Gasteiger partial charge is 0.301 e. The van der Waals surface area contributed by atoms with Gasteiger partial charge in [-0.25, -0.2) is 4.98 Å². The van der Waals surface area contributed by atoms with Crippen molar-refractivity contribution >= 4 is 11.8 Å². The van der Waals surface area contributed by atoms with Gasteiger partial charge in [0.25, 0.3) is 5.56 Å². The summed E-state index contributed by atoms with van der Waals surface area (Å²) in [5.41, 5.74) is -1.94. The monoisotopic (exact) mass is 252 g/mol. The maximum atomic E-state index is 12.3. The Hall–Kier alpha value is -0.980. The molecule has 0 saturated heterocycles. The minimum atomic E-state index is -4.58. The summed E-state index contributed by atoms with van der Waals surface area (Å²) >= 11 is 1.12.